The second kappa shape index (κ2) is 6.29. The van der Waals surface area contributed by atoms with E-state index in [0.29, 0.717) is 0 Å². The van der Waals surface area contributed by atoms with Crippen molar-refractivity contribution in [2.75, 3.05) is 0 Å². The molecule has 0 aliphatic rings. The fourth-order valence-electron chi connectivity index (χ4n) is 0.269. The molecule has 0 atom stereocenters. The summed E-state index contributed by atoms with van der Waals surface area (Å²) in [6, 6.07) is 0. The van der Waals surface area contributed by atoms with E-state index < -0.39 is 23.8 Å². The number of carboxylic acid groups (broad SMARTS) is 2. The largest absolute Gasteiger partial charge is 1.00 e. The molecule has 14 heavy (non-hydrogen) atoms. The van der Waals surface area contributed by atoms with Crippen molar-refractivity contribution >= 4 is 11.9 Å². The van der Waals surface area contributed by atoms with Crippen LogP contribution in [0.1, 0.15) is 2.85 Å². The Kier molecular flexibility index (Phi) is 9.04. The maximum atomic E-state index is 11.8. The molecule has 0 heterocycles. The van der Waals surface area contributed by atoms with Gasteiger partial charge in [-0.15, -0.1) is 0 Å². The van der Waals surface area contributed by atoms with Crippen molar-refractivity contribution in [2.24, 2.45) is 0 Å². The number of rotatable bonds is 3. The van der Waals surface area contributed by atoms with Gasteiger partial charge in [-0.05, 0) is 0 Å². The minimum atomic E-state index is -5.60. The van der Waals surface area contributed by atoms with Crippen LogP contribution < -0.4 is 59.1 Å². The van der Waals surface area contributed by atoms with E-state index in [0.717, 1.165) is 0 Å². The van der Waals surface area contributed by atoms with Gasteiger partial charge in [0.1, 0.15) is 0 Å². The number of carbonyl (C=O) groups is 2. The molecular formula is C4H4F4Na2O4. The standard InChI is InChI=1S/C4H2F4O4.2Na.2H/c5-3(6,1(9)10)4(7,8)2(11)12;;;;/h(H,9,10)(H,11,12);;;;/q;2*+1;2*-1. The van der Waals surface area contributed by atoms with Gasteiger partial charge in [0.25, 0.3) is 0 Å². The van der Waals surface area contributed by atoms with Crippen molar-refractivity contribution in [3.63, 3.8) is 0 Å². The Morgan fingerprint density at radius 3 is 1.07 bits per heavy atom. The van der Waals surface area contributed by atoms with Crippen LogP contribution in [0.5, 0.6) is 0 Å². The van der Waals surface area contributed by atoms with Gasteiger partial charge in [-0.25, -0.2) is 9.59 Å². The van der Waals surface area contributed by atoms with Crippen LogP contribution >= 0.6 is 0 Å². The smallest absolute Gasteiger partial charge is 1.00 e. The quantitative estimate of drug-likeness (QED) is 0.380. The predicted octanol–water partition coefficient (Wildman–Crippen LogP) is -5.34. The second-order valence-corrected chi connectivity index (χ2v) is 1.76. The number of halogens is 4. The van der Waals surface area contributed by atoms with Crippen molar-refractivity contribution in [1.29, 1.82) is 0 Å². The van der Waals surface area contributed by atoms with E-state index in [4.69, 9.17) is 10.2 Å². The van der Waals surface area contributed by atoms with Gasteiger partial charge in [0.05, 0.1) is 0 Å². The summed E-state index contributed by atoms with van der Waals surface area (Å²) in [5.41, 5.74) is 0. The average molecular weight is 238 g/mol. The molecule has 0 saturated heterocycles. The molecule has 0 aliphatic carbocycles. The molecule has 0 amide bonds. The maximum Gasteiger partial charge on any atom is 1.00 e. The molecule has 4 nitrogen and oxygen atoms in total. The molecule has 0 aromatic heterocycles. The van der Waals surface area contributed by atoms with E-state index in [1.54, 1.807) is 0 Å². The molecule has 0 saturated carbocycles. The summed E-state index contributed by atoms with van der Waals surface area (Å²) in [5.74, 6) is -17.6. The monoisotopic (exact) mass is 238 g/mol. The fraction of sp³-hybridized carbons (Fsp3) is 0.500. The number of carboxylic acids is 2. The summed E-state index contributed by atoms with van der Waals surface area (Å²) in [4.78, 5) is 19.0. The van der Waals surface area contributed by atoms with Crippen LogP contribution in [0.25, 0.3) is 0 Å². The molecule has 74 valence electrons. The van der Waals surface area contributed by atoms with Gasteiger partial charge in [-0.1, -0.05) is 0 Å². The van der Waals surface area contributed by atoms with Gasteiger partial charge < -0.3 is 13.1 Å². The third-order valence-corrected chi connectivity index (χ3v) is 0.932. The molecule has 0 aromatic carbocycles. The summed E-state index contributed by atoms with van der Waals surface area (Å²) < 4.78 is 47.4. The Morgan fingerprint density at radius 2 is 1.00 bits per heavy atom. The van der Waals surface area contributed by atoms with Gasteiger partial charge in [0.2, 0.25) is 0 Å². The van der Waals surface area contributed by atoms with Gasteiger partial charge in [0.15, 0.2) is 0 Å². The first kappa shape index (κ1) is 20.1. The third-order valence-electron chi connectivity index (χ3n) is 0.932. The zero-order chi connectivity index (χ0) is 10.2. The minimum absolute atomic E-state index is 0. The molecule has 0 spiro atoms. The van der Waals surface area contributed by atoms with Crippen LogP contribution in [0.2, 0.25) is 0 Å². The predicted molar refractivity (Wildman–Crippen MR) is 27.4 cm³/mol. The molecule has 0 aromatic rings. The van der Waals surface area contributed by atoms with Crippen molar-refractivity contribution < 1.29 is 99.3 Å². The minimum Gasteiger partial charge on any atom is -1.00 e. The number of hydrogen-bond acceptors (Lipinski definition) is 2. The van der Waals surface area contributed by atoms with E-state index in [1.165, 1.54) is 0 Å². The Bertz CT molecular complexity index is 216. The van der Waals surface area contributed by atoms with Crippen molar-refractivity contribution in [3.8, 4) is 0 Å². The summed E-state index contributed by atoms with van der Waals surface area (Å²) in [6.45, 7) is 0. The number of alkyl halides is 4. The summed E-state index contributed by atoms with van der Waals surface area (Å²) in [5, 5.41) is 15.1. The van der Waals surface area contributed by atoms with Gasteiger partial charge in [-0.3, -0.25) is 0 Å². The topological polar surface area (TPSA) is 74.6 Å². The Hall–Kier alpha value is 0.660. The number of aliphatic carboxylic acids is 2. The Morgan fingerprint density at radius 1 is 0.857 bits per heavy atom. The van der Waals surface area contributed by atoms with Crippen molar-refractivity contribution in [2.45, 2.75) is 11.8 Å². The molecule has 0 radical (unpaired) electrons. The van der Waals surface area contributed by atoms with E-state index >= 15 is 0 Å². The normalized spacial score (nSPS) is 10.9. The molecule has 0 fully saturated rings. The van der Waals surface area contributed by atoms with Crippen LogP contribution in [0.3, 0.4) is 0 Å². The third kappa shape index (κ3) is 3.67. The first-order chi connectivity index (χ1) is 5.14. The molecule has 0 bridgehead atoms. The van der Waals surface area contributed by atoms with Gasteiger partial charge in [-0.2, -0.15) is 17.6 Å². The first-order valence-corrected chi connectivity index (χ1v) is 2.36. The summed E-state index contributed by atoms with van der Waals surface area (Å²) in [6.07, 6.45) is 0. The SMILES string of the molecule is O=C(O)C(F)(F)C(F)(F)C(=O)O.[H-].[H-].[Na+].[Na+]. The molecule has 2 N–H and O–H groups in total. The molecule has 0 aliphatic heterocycles. The molecule has 0 rings (SSSR count). The van der Waals surface area contributed by atoms with E-state index in [-0.39, 0.29) is 62.0 Å². The van der Waals surface area contributed by atoms with Crippen LogP contribution in [0.15, 0.2) is 0 Å². The summed E-state index contributed by atoms with van der Waals surface area (Å²) >= 11 is 0. The Balaban J connectivity index is -0.000000101. The van der Waals surface area contributed by atoms with Crippen LogP contribution in [-0.4, -0.2) is 34.0 Å². The van der Waals surface area contributed by atoms with E-state index in [2.05, 4.69) is 0 Å². The number of hydrogen-bond donors (Lipinski definition) is 2. The zero-order valence-electron chi connectivity index (χ0n) is 9.22. The van der Waals surface area contributed by atoms with Crippen LogP contribution in [0.4, 0.5) is 17.6 Å². The van der Waals surface area contributed by atoms with Crippen LogP contribution in [0, 0.1) is 0 Å². The Labute approximate surface area is 122 Å². The van der Waals surface area contributed by atoms with Crippen molar-refractivity contribution in [1.82, 2.24) is 0 Å². The van der Waals surface area contributed by atoms with Gasteiger partial charge in [0, 0.05) is 0 Å². The molecular weight excluding hydrogens is 234 g/mol. The van der Waals surface area contributed by atoms with Gasteiger partial charge >= 0.3 is 82.9 Å². The summed E-state index contributed by atoms with van der Waals surface area (Å²) in [7, 11) is 0. The first-order valence-electron chi connectivity index (χ1n) is 2.36. The molecule has 0 unspecified atom stereocenters. The van der Waals surface area contributed by atoms with E-state index in [1.807, 2.05) is 0 Å². The van der Waals surface area contributed by atoms with E-state index in [9.17, 15) is 27.2 Å². The molecule has 10 heteroatoms. The average Bonchev–Trinajstić information content (AvgIpc) is 1.86. The zero-order valence-corrected chi connectivity index (χ0v) is 11.2. The van der Waals surface area contributed by atoms with Crippen LogP contribution in [-0.2, 0) is 9.59 Å². The maximum absolute atomic E-state index is 11.8. The fourth-order valence-corrected chi connectivity index (χ4v) is 0.269. The van der Waals surface area contributed by atoms with Crippen molar-refractivity contribution in [3.05, 3.63) is 0 Å². The second-order valence-electron chi connectivity index (χ2n) is 1.76.